The minimum atomic E-state index is -0.753. The molecule has 2 aromatic rings. The van der Waals surface area contributed by atoms with E-state index in [2.05, 4.69) is 0 Å². The van der Waals surface area contributed by atoms with Crippen LogP contribution < -0.4 is 0 Å². The average molecular weight is 309 g/mol. The van der Waals surface area contributed by atoms with E-state index in [1.807, 2.05) is 0 Å². The highest BCUT2D eigenvalue weighted by molar-refractivity contribution is 7.85. The first-order valence-electron chi connectivity index (χ1n) is 6.86. The molecule has 21 heavy (non-hydrogen) atoms. The van der Waals surface area contributed by atoms with Gasteiger partial charge in [0, 0.05) is 40.8 Å². The van der Waals surface area contributed by atoms with Crippen molar-refractivity contribution >= 4 is 27.7 Å². The van der Waals surface area contributed by atoms with Crippen molar-refractivity contribution in [2.45, 2.75) is 18.9 Å². The van der Waals surface area contributed by atoms with Crippen molar-refractivity contribution in [2.75, 3.05) is 18.6 Å². The predicted molar refractivity (Wildman–Crippen MR) is 79.2 cm³/mol. The first-order valence-corrected chi connectivity index (χ1v) is 8.34. The molecule has 0 N–H and O–H groups in total. The monoisotopic (exact) mass is 309 g/mol. The molecule has 0 saturated carbocycles. The number of halogens is 1. The van der Waals surface area contributed by atoms with Gasteiger partial charge >= 0.3 is 0 Å². The van der Waals surface area contributed by atoms with Crippen LogP contribution in [0.5, 0.6) is 0 Å². The van der Waals surface area contributed by atoms with Crippen LogP contribution in [0.2, 0.25) is 0 Å². The predicted octanol–water partition coefficient (Wildman–Crippen LogP) is 2.56. The van der Waals surface area contributed by atoms with Gasteiger partial charge in [-0.15, -0.1) is 0 Å². The number of nitrogens with zero attached hydrogens (tertiary/aromatic N) is 1. The minimum Gasteiger partial charge on any atom is -0.451 e. The molecule has 0 aliphatic carbocycles. The van der Waals surface area contributed by atoms with Crippen LogP contribution in [0.3, 0.4) is 0 Å². The summed E-state index contributed by atoms with van der Waals surface area (Å²) in [6.07, 6.45) is 1.48. The summed E-state index contributed by atoms with van der Waals surface area (Å²) in [6, 6.07) is 5.82. The quantitative estimate of drug-likeness (QED) is 0.856. The van der Waals surface area contributed by atoms with Crippen LogP contribution in [0.4, 0.5) is 4.39 Å². The molecule has 1 aromatic carbocycles. The second-order valence-corrected chi connectivity index (χ2v) is 6.98. The first kappa shape index (κ1) is 14.3. The summed E-state index contributed by atoms with van der Waals surface area (Å²) >= 11 is 0. The van der Waals surface area contributed by atoms with Crippen LogP contribution in [-0.2, 0) is 10.8 Å². The third kappa shape index (κ3) is 2.85. The van der Waals surface area contributed by atoms with Crippen molar-refractivity contribution in [2.24, 2.45) is 0 Å². The van der Waals surface area contributed by atoms with Gasteiger partial charge in [0.2, 0.25) is 0 Å². The molecule has 1 aliphatic rings. The number of rotatable bonds is 2. The van der Waals surface area contributed by atoms with E-state index in [4.69, 9.17) is 4.42 Å². The summed E-state index contributed by atoms with van der Waals surface area (Å²) in [6.45, 7) is 0. The molecule has 1 aromatic heterocycles. The van der Waals surface area contributed by atoms with Gasteiger partial charge in [-0.2, -0.15) is 0 Å². The van der Waals surface area contributed by atoms with Gasteiger partial charge in [-0.25, -0.2) is 4.39 Å². The molecule has 0 bridgehead atoms. The van der Waals surface area contributed by atoms with Gasteiger partial charge in [-0.1, -0.05) is 0 Å². The second kappa shape index (κ2) is 5.60. The number of hydrogen-bond acceptors (Lipinski definition) is 3. The fourth-order valence-electron chi connectivity index (χ4n) is 2.63. The summed E-state index contributed by atoms with van der Waals surface area (Å²) < 4.78 is 30.0. The van der Waals surface area contributed by atoms with E-state index in [0.29, 0.717) is 22.5 Å². The van der Waals surface area contributed by atoms with E-state index >= 15 is 0 Å². The van der Waals surface area contributed by atoms with Crippen LogP contribution in [0.25, 0.3) is 11.0 Å². The summed E-state index contributed by atoms with van der Waals surface area (Å²) in [7, 11) is 0.978. The Bertz CT molecular complexity index is 702. The molecule has 6 heteroatoms. The van der Waals surface area contributed by atoms with Gasteiger partial charge in [0.1, 0.15) is 11.4 Å². The third-order valence-corrected chi connectivity index (χ3v) is 5.30. The Hall–Kier alpha value is -1.69. The smallest absolute Gasteiger partial charge is 0.289 e. The van der Waals surface area contributed by atoms with E-state index in [0.717, 1.165) is 12.8 Å². The average Bonchev–Trinajstić information content (AvgIpc) is 2.89. The number of hydrogen-bond donors (Lipinski definition) is 0. The molecular formula is C15H16FNO3S. The van der Waals surface area contributed by atoms with E-state index in [1.165, 1.54) is 18.2 Å². The fraction of sp³-hybridized carbons (Fsp3) is 0.400. The molecule has 1 amide bonds. The van der Waals surface area contributed by atoms with Gasteiger partial charge in [0.15, 0.2) is 5.76 Å². The first-order chi connectivity index (χ1) is 10.0. The second-order valence-electron chi connectivity index (χ2n) is 5.29. The Labute approximate surface area is 124 Å². The number of amides is 1. The summed E-state index contributed by atoms with van der Waals surface area (Å²) in [5.41, 5.74) is 0.498. The Morgan fingerprint density at radius 3 is 2.76 bits per heavy atom. The zero-order valence-electron chi connectivity index (χ0n) is 11.7. The van der Waals surface area contributed by atoms with E-state index < -0.39 is 10.8 Å². The number of carbonyl (C=O) groups is 1. The highest BCUT2D eigenvalue weighted by Crippen LogP contribution is 2.23. The van der Waals surface area contributed by atoms with Gasteiger partial charge in [-0.05, 0) is 37.1 Å². The lowest BCUT2D eigenvalue weighted by Gasteiger charge is -2.30. The van der Waals surface area contributed by atoms with Crippen molar-refractivity contribution in [1.29, 1.82) is 0 Å². The molecule has 4 nitrogen and oxygen atoms in total. The largest absolute Gasteiger partial charge is 0.451 e. The minimum absolute atomic E-state index is 0.0835. The van der Waals surface area contributed by atoms with Crippen molar-refractivity contribution in [3.8, 4) is 0 Å². The Kier molecular flexibility index (Phi) is 3.80. The maximum absolute atomic E-state index is 13.2. The van der Waals surface area contributed by atoms with Crippen LogP contribution in [0, 0.1) is 5.82 Å². The van der Waals surface area contributed by atoms with E-state index in [1.54, 1.807) is 18.0 Å². The maximum Gasteiger partial charge on any atom is 0.289 e. The molecule has 1 fully saturated rings. The number of furan rings is 1. The normalized spacial score (nSPS) is 22.4. The van der Waals surface area contributed by atoms with Crippen LogP contribution in [0.15, 0.2) is 28.7 Å². The molecule has 0 spiro atoms. The molecule has 1 saturated heterocycles. The molecule has 2 heterocycles. The van der Waals surface area contributed by atoms with E-state index in [-0.39, 0.29) is 23.5 Å². The summed E-state index contributed by atoms with van der Waals surface area (Å²) in [5, 5.41) is 0.580. The lowest BCUT2D eigenvalue weighted by Crippen LogP contribution is -2.41. The SMILES string of the molecule is CN(C(=O)c1cc2cc(F)ccc2o1)C1CCS(=O)CC1. The highest BCUT2D eigenvalue weighted by Gasteiger charge is 2.27. The maximum atomic E-state index is 13.2. The Balaban J connectivity index is 1.81. The topological polar surface area (TPSA) is 50.5 Å². The zero-order valence-corrected chi connectivity index (χ0v) is 12.5. The summed E-state index contributed by atoms with van der Waals surface area (Å²) in [4.78, 5) is 14.1. The van der Waals surface area contributed by atoms with Crippen LogP contribution >= 0.6 is 0 Å². The number of carbonyl (C=O) groups excluding carboxylic acids is 1. The fourth-order valence-corrected chi connectivity index (χ4v) is 3.90. The van der Waals surface area contributed by atoms with E-state index in [9.17, 15) is 13.4 Å². The highest BCUT2D eigenvalue weighted by atomic mass is 32.2. The molecule has 112 valence electrons. The lowest BCUT2D eigenvalue weighted by molar-refractivity contribution is 0.0693. The number of benzene rings is 1. The van der Waals surface area contributed by atoms with Crippen LogP contribution in [0.1, 0.15) is 23.4 Å². The molecule has 3 rings (SSSR count). The third-order valence-electron chi connectivity index (χ3n) is 3.91. The number of fused-ring (bicyclic) bond motifs is 1. The standard InChI is InChI=1S/C15H16FNO3S/c1-17(12-4-6-21(19)7-5-12)15(18)14-9-10-8-11(16)2-3-13(10)20-14/h2-3,8-9,12H,4-7H2,1H3. The van der Waals surface area contributed by atoms with Crippen LogP contribution in [-0.4, -0.2) is 39.6 Å². The lowest BCUT2D eigenvalue weighted by atomic mass is 10.1. The Morgan fingerprint density at radius 1 is 1.33 bits per heavy atom. The van der Waals surface area contributed by atoms with Gasteiger partial charge in [0.25, 0.3) is 5.91 Å². The van der Waals surface area contributed by atoms with Crippen molar-refractivity contribution < 1.29 is 17.8 Å². The summed E-state index contributed by atoms with van der Waals surface area (Å²) in [5.74, 6) is 0.904. The molecular weight excluding hydrogens is 293 g/mol. The van der Waals surface area contributed by atoms with Gasteiger partial charge < -0.3 is 9.32 Å². The molecule has 0 radical (unpaired) electrons. The molecule has 0 atom stereocenters. The zero-order chi connectivity index (χ0) is 15.0. The van der Waals surface area contributed by atoms with Gasteiger partial charge in [0.05, 0.1) is 0 Å². The van der Waals surface area contributed by atoms with Crippen molar-refractivity contribution in [3.05, 3.63) is 35.8 Å². The Morgan fingerprint density at radius 2 is 2.05 bits per heavy atom. The van der Waals surface area contributed by atoms with Crippen molar-refractivity contribution in [1.82, 2.24) is 4.90 Å². The van der Waals surface area contributed by atoms with Gasteiger partial charge in [-0.3, -0.25) is 9.00 Å². The molecule has 1 aliphatic heterocycles. The van der Waals surface area contributed by atoms with Crippen molar-refractivity contribution in [3.63, 3.8) is 0 Å². The molecule has 0 unspecified atom stereocenters.